The van der Waals surface area contributed by atoms with Crippen LogP contribution in [0.25, 0.3) is 0 Å². The second-order valence-electron chi connectivity index (χ2n) is 7.88. The van der Waals surface area contributed by atoms with Gasteiger partial charge in [-0.25, -0.2) is 0 Å². The molecule has 1 spiro atoms. The fraction of sp³-hybridized carbons (Fsp3) is 0.750. The van der Waals surface area contributed by atoms with Gasteiger partial charge in [0.05, 0.1) is 19.8 Å². The zero-order valence-corrected chi connectivity index (χ0v) is 14.7. The predicted molar refractivity (Wildman–Crippen MR) is 93.7 cm³/mol. The van der Waals surface area contributed by atoms with E-state index in [1.54, 1.807) is 0 Å². The molecule has 3 aliphatic rings. The van der Waals surface area contributed by atoms with Gasteiger partial charge in [-0.15, -0.1) is 0 Å². The molecule has 2 aliphatic heterocycles. The van der Waals surface area contributed by atoms with Crippen LogP contribution in [0.5, 0.6) is 0 Å². The molecule has 0 radical (unpaired) electrons. The molecule has 1 aliphatic carbocycles. The van der Waals surface area contributed by atoms with Crippen molar-refractivity contribution < 1.29 is 9.47 Å². The molecule has 132 valence electrons. The van der Waals surface area contributed by atoms with Crippen molar-refractivity contribution in [2.24, 2.45) is 11.3 Å². The molecule has 24 heavy (non-hydrogen) atoms. The minimum Gasteiger partial charge on any atom is -0.381 e. The highest BCUT2D eigenvalue weighted by Gasteiger charge is 2.44. The summed E-state index contributed by atoms with van der Waals surface area (Å²) in [7, 11) is 0. The Bertz CT molecular complexity index is 510. The van der Waals surface area contributed by atoms with E-state index in [2.05, 4.69) is 9.88 Å². The maximum Gasteiger partial charge on any atom is 0.0718 e. The molecule has 3 fully saturated rings. The molecular formula is C20H30N2O2. The topological polar surface area (TPSA) is 34.6 Å². The third-order valence-corrected chi connectivity index (χ3v) is 6.65. The van der Waals surface area contributed by atoms with Crippen molar-refractivity contribution >= 4 is 0 Å². The number of likely N-dealkylation sites (tertiary alicyclic amines) is 1. The molecule has 3 heterocycles. The molecule has 0 N–H and O–H groups in total. The minimum atomic E-state index is 0.455. The van der Waals surface area contributed by atoms with Crippen LogP contribution in [0, 0.1) is 11.3 Å². The average Bonchev–Trinajstić information content (AvgIpc) is 2.58. The third-order valence-electron chi connectivity index (χ3n) is 6.65. The SMILES string of the molecule is c1cc(COC[C@H]2COCCC23CCN(C2CCC2)CC3)ccn1. The predicted octanol–water partition coefficient (Wildman–Crippen LogP) is 3.27. The summed E-state index contributed by atoms with van der Waals surface area (Å²) in [6.45, 7) is 5.89. The summed E-state index contributed by atoms with van der Waals surface area (Å²) in [5.41, 5.74) is 1.66. The number of hydrogen-bond donors (Lipinski definition) is 0. The number of piperidine rings is 1. The summed E-state index contributed by atoms with van der Waals surface area (Å²) < 4.78 is 11.9. The molecule has 4 heteroatoms. The minimum absolute atomic E-state index is 0.455. The van der Waals surface area contributed by atoms with Crippen molar-refractivity contribution in [3.05, 3.63) is 30.1 Å². The Morgan fingerprint density at radius 2 is 1.96 bits per heavy atom. The van der Waals surface area contributed by atoms with Gasteiger partial charge in [0.25, 0.3) is 0 Å². The van der Waals surface area contributed by atoms with E-state index in [0.29, 0.717) is 17.9 Å². The molecule has 0 unspecified atom stereocenters. The van der Waals surface area contributed by atoms with Crippen LogP contribution >= 0.6 is 0 Å². The fourth-order valence-electron chi connectivity index (χ4n) is 4.65. The standard InChI is InChI=1S/C20H30N2O2/c1-2-19(3-1)22-11-6-20(7-12-22)8-13-23-15-18(20)16-24-14-17-4-9-21-10-5-17/h4-5,9-10,18-19H,1-3,6-8,11-16H2/t18-/m1/s1. The van der Waals surface area contributed by atoms with Gasteiger partial charge in [0.1, 0.15) is 0 Å². The van der Waals surface area contributed by atoms with Crippen molar-refractivity contribution in [3.8, 4) is 0 Å². The largest absolute Gasteiger partial charge is 0.381 e. The Balaban J connectivity index is 1.31. The summed E-state index contributed by atoms with van der Waals surface area (Å²) >= 11 is 0. The van der Waals surface area contributed by atoms with Crippen LogP contribution < -0.4 is 0 Å². The Kier molecular flexibility index (Phi) is 5.16. The normalized spacial score (nSPS) is 27.9. The number of ether oxygens (including phenoxy) is 2. The van der Waals surface area contributed by atoms with E-state index in [4.69, 9.17) is 9.47 Å². The molecule has 1 saturated carbocycles. The molecule has 0 bridgehead atoms. The Morgan fingerprint density at radius 3 is 2.67 bits per heavy atom. The molecule has 4 nitrogen and oxygen atoms in total. The van der Waals surface area contributed by atoms with Crippen LogP contribution in [0.15, 0.2) is 24.5 Å². The molecular weight excluding hydrogens is 300 g/mol. The van der Waals surface area contributed by atoms with Crippen LogP contribution in [0.1, 0.15) is 44.1 Å². The number of nitrogens with zero attached hydrogens (tertiary/aromatic N) is 2. The summed E-state index contributed by atoms with van der Waals surface area (Å²) in [5.74, 6) is 0.552. The van der Waals surface area contributed by atoms with Gasteiger partial charge in [0.2, 0.25) is 0 Å². The van der Waals surface area contributed by atoms with Crippen LogP contribution in [0.3, 0.4) is 0 Å². The van der Waals surface area contributed by atoms with Gasteiger partial charge in [-0.2, -0.15) is 0 Å². The van der Waals surface area contributed by atoms with Gasteiger partial charge in [0, 0.05) is 31.0 Å². The summed E-state index contributed by atoms with van der Waals surface area (Å²) in [5, 5.41) is 0. The smallest absolute Gasteiger partial charge is 0.0718 e. The van der Waals surface area contributed by atoms with Crippen molar-refractivity contribution in [1.82, 2.24) is 9.88 Å². The molecule has 0 aromatic carbocycles. The second kappa shape index (κ2) is 7.51. The maximum absolute atomic E-state index is 6.07. The lowest BCUT2D eigenvalue weighted by molar-refractivity contribution is -0.107. The van der Waals surface area contributed by atoms with Crippen LogP contribution in [0.4, 0.5) is 0 Å². The number of aromatic nitrogens is 1. The van der Waals surface area contributed by atoms with Crippen LogP contribution in [-0.2, 0) is 16.1 Å². The highest BCUT2D eigenvalue weighted by atomic mass is 16.5. The van der Waals surface area contributed by atoms with E-state index in [1.165, 1.54) is 57.2 Å². The number of hydrogen-bond acceptors (Lipinski definition) is 4. The molecule has 4 rings (SSSR count). The quantitative estimate of drug-likeness (QED) is 0.830. The zero-order valence-electron chi connectivity index (χ0n) is 14.7. The highest BCUT2D eigenvalue weighted by Crippen LogP contribution is 2.46. The van der Waals surface area contributed by atoms with E-state index >= 15 is 0 Å². The fourth-order valence-corrected chi connectivity index (χ4v) is 4.65. The summed E-state index contributed by atoms with van der Waals surface area (Å²) in [4.78, 5) is 6.81. The van der Waals surface area contributed by atoms with Gasteiger partial charge in [0.15, 0.2) is 0 Å². The van der Waals surface area contributed by atoms with Crippen LogP contribution in [-0.4, -0.2) is 48.8 Å². The molecule has 0 amide bonds. The van der Waals surface area contributed by atoms with Gasteiger partial charge < -0.3 is 14.4 Å². The molecule has 1 atom stereocenters. The van der Waals surface area contributed by atoms with Crippen molar-refractivity contribution in [2.75, 3.05) is 32.9 Å². The van der Waals surface area contributed by atoms with Gasteiger partial charge in [-0.05, 0) is 68.3 Å². The highest BCUT2D eigenvalue weighted by molar-refractivity contribution is 5.08. The molecule has 2 saturated heterocycles. The van der Waals surface area contributed by atoms with Crippen molar-refractivity contribution in [1.29, 1.82) is 0 Å². The van der Waals surface area contributed by atoms with Crippen LogP contribution in [0.2, 0.25) is 0 Å². The zero-order chi connectivity index (χ0) is 16.2. The van der Waals surface area contributed by atoms with Gasteiger partial charge in [-0.3, -0.25) is 4.98 Å². The molecule has 1 aromatic heterocycles. The van der Waals surface area contributed by atoms with E-state index in [-0.39, 0.29) is 0 Å². The Labute approximate surface area is 145 Å². The van der Waals surface area contributed by atoms with Gasteiger partial charge in [-0.1, -0.05) is 6.42 Å². The first-order valence-corrected chi connectivity index (χ1v) is 9.64. The van der Waals surface area contributed by atoms with E-state index in [0.717, 1.165) is 25.9 Å². The lowest BCUT2D eigenvalue weighted by atomic mass is 9.65. The third kappa shape index (κ3) is 3.51. The van der Waals surface area contributed by atoms with Crippen molar-refractivity contribution in [3.63, 3.8) is 0 Å². The Hall–Kier alpha value is -0.970. The lowest BCUT2D eigenvalue weighted by Gasteiger charge is -2.51. The van der Waals surface area contributed by atoms with E-state index in [1.807, 2.05) is 24.5 Å². The number of rotatable bonds is 5. The molecule has 1 aromatic rings. The maximum atomic E-state index is 6.07. The van der Waals surface area contributed by atoms with E-state index in [9.17, 15) is 0 Å². The second-order valence-corrected chi connectivity index (χ2v) is 7.88. The first-order chi connectivity index (χ1) is 11.9. The lowest BCUT2D eigenvalue weighted by Crippen LogP contribution is -2.52. The van der Waals surface area contributed by atoms with Crippen molar-refractivity contribution in [2.45, 2.75) is 51.2 Å². The van der Waals surface area contributed by atoms with Gasteiger partial charge >= 0.3 is 0 Å². The monoisotopic (exact) mass is 330 g/mol. The first-order valence-electron chi connectivity index (χ1n) is 9.64. The average molecular weight is 330 g/mol. The van der Waals surface area contributed by atoms with E-state index < -0.39 is 0 Å². The Morgan fingerprint density at radius 1 is 1.17 bits per heavy atom. The number of pyridine rings is 1. The summed E-state index contributed by atoms with van der Waals surface area (Å²) in [6.07, 6.45) is 11.8. The first kappa shape index (κ1) is 16.5. The summed E-state index contributed by atoms with van der Waals surface area (Å²) in [6, 6.07) is 4.96.